The Hall–Kier alpha value is -0.180. The molecule has 1 nitrogen and oxygen atoms in total. The predicted octanol–water partition coefficient (Wildman–Crippen LogP) is 3.86. The highest BCUT2D eigenvalue weighted by Gasteiger charge is 2.05. The Kier molecular flexibility index (Phi) is 5.51. The smallest absolute Gasteiger partial charge is 0.147 e. The van der Waals surface area contributed by atoms with Gasteiger partial charge in [-0.05, 0) is 23.4 Å². The molecule has 0 saturated carbocycles. The number of halogens is 2. The second kappa shape index (κ2) is 6.41. The molecule has 0 aliphatic heterocycles. The normalized spacial score (nSPS) is 10.3. The third kappa shape index (κ3) is 4.45. The number of hydrogen-bond donors (Lipinski definition) is 0. The summed E-state index contributed by atoms with van der Waals surface area (Å²) in [5.74, 6) is 1.75. The van der Waals surface area contributed by atoms with Crippen LogP contribution in [0.25, 0.3) is 0 Å². The fourth-order valence-electron chi connectivity index (χ4n) is 1.14. The molecule has 4 heteroatoms. The molecule has 0 aliphatic rings. The second-order valence-electron chi connectivity index (χ2n) is 3.10. The fourth-order valence-corrected chi connectivity index (χ4v) is 2.00. The average molecular weight is 263 g/mol. The number of hydrogen-bond acceptors (Lipinski definition) is 2. The van der Waals surface area contributed by atoms with E-state index < -0.39 is 0 Å². The lowest BCUT2D eigenvalue weighted by Crippen LogP contribution is -2.05. The first kappa shape index (κ1) is 12.9. The van der Waals surface area contributed by atoms with Gasteiger partial charge in [0.1, 0.15) is 5.78 Å². The van der Waals surface area contributed by atoms with Crippen LogP contribution in [0.5, 0.6) is 0 Å². The van der Waals surface area contributed by atoms with Gasteiger partial charge in [-0.1, -0.05) is 36.2 Å². The lowest BCUT2D eigenvalue weighted by Gasteiger charge is -2.02. The minimum Gasteiger partial charge on any atom is -0.298 e. The van der Waals surface area contributed by atoms with Crippen LogP contribution in [0.4, 0.5) is 0 Å². The van der Waals surface area contributed by atoms with Gasteiger partial charge in [0.2, 0.25) is 0 Å². The van der Waals surface area contributed by atoms with Crippen molar-refractivity contribution in [2.45, 2.75) is 13.3 Å². The zero-order valence-corrected chi connectivity index (χ0v) is 10.8. The van der Waals surface area contributed by atoms with Crippen molar-refractivity contribution in [3.8, 4) is 0 Å². The molecule has 0 unspecified atom stereocenters. The van der Waals surface area contributed by atoms with Gasteiger partial charge in [0.15, 0.2) is 0 Å². The maximum absolute atomic E-state index is 11.5. The van der Waals surface area contributed by atoms with E-state index in [2.05, 4.69) is 0 Å². The van der Waals surface area contributed by atoms with Crippen molar-refractivity contribution in [1.29, 1.82) is 0 Å². The molecule has 0 N–H and O–H groups in total. The van der Waals surface area contributed by atoms with E-state index in [0.29, 0.717) is 22.2 Å². The maximum Gasteiger partial charge on any atom is 0.147 e. The lowest BCUT2D eigenvalue weighted by molar-refractivity contribution is -0.116. The highest BCUT2D eigenvalue weighted by molar-refractivity contribution is 7.99. The summed E-state index contributed by atoms with van der Waals surface area (Å²) < 4.78 is 0. The third-order valence-corrected chi connectivity index (χ3v) is 3.53. The molecule has 0 spiro atoms. The lowest BCUT2D eigenvalue weighted by atomic mass is 10.1. The van der Waals surface area contributed by atoms with Crippen LogP contribution in [0.2, 0.25) is 10.0 Å². The molecule has 1 aromatic carbocycles. The molecule has 15 heavy (non-hydrogen) atoms. The van der Waals surface area contributed by atoms with Crippen molar-refractivity contribution in [2.24, 2.45) is 0 Å². The topological polar surface area (TPSA) is 17.1 Å². The Morgan fingerprint density at radius 2 is 2.07 bits per heavy atom. The van der Waals surface area contributed by atoms with E-state index >= 15 is 0 Å². The molecule has 0 bridgehead atoms. The van der Waals surface area contributed by atoms with Gasteiger partial charge in [-0.2, -0.15) is 11.8 Å². The Morgan fingerprint density at radius 3 is 2.67 bits per heavy atom. The van der Waals surface area contributed by atoms with E-state index in [1.807, 2.05) is 13.0 Å². The third-order valence-electron chi connectivity index (χ3n) is 1.85. The van der Waals surface area contributed by atoms with E-state index in [1.54, 1.807) is 23.9 Å². The Morgan fingerprint density at radius 1 is 1.33 bits per heavy atom. The summed E-state index contributed by atoms with van der Waals surface area (Å²) in [7, 11) is 0. The number of carbonyl (C=O) groups excluding carboxylic acids is 1. The highest BCUT2D eigenvalue weighted by atomic mass is 35.5. The summed E-state index contributed by atoms with van der Waals surface area (Å²) >= 11 is 13.3. The molecule has 0 radical (unpaired) electrons. The first-order chi connectivity index (χ1) is 7.13. The molecule has 0 heterocycles. The predicted molar refractivity (Wildman–Crippen MR) is 68.2 cm³/mol. The molecule has 0 aliphatic carbocycles. The van der Waals surface area contributed by atoms with E-state index in [-0.39, 0.29) is 5.78 Å². The quantitative estimate of drug-likeness (QED) is 0.802. The van der Waals surface area contributed by atoms with Crippen LogP contribution in [-0.2, 0) is 11.2 Å². The van der Waals surface area contributed by atoms with Crippen LogP contribution < -0.4 is 0 Å². The van der Waals surface area contributed by atoms with Crippen LogP contribution in [0, 0.1) is 0 Å². The second-order valence-corrected chi connectivity index (χ2v) is 5.19. The molecular formula is C11H12Cl2OS. The van der Waals surface area contributed by atoms with E-state index in [0.717, 1.165) is 11.3 Å². The van der Waals surface area contributed by atoms with Gasteiger partial charge >= 0.3 is 0 Å². The Bertz CT molecular complexity index is 352. The van der Waals surface area contributed by atoms with E-state index in [1.165, 1.54) is 0 Å². The zero-order valence-electron chi connectivity index (χ0n) is 8.43. The van der Waals surface area contributed by atoms with Gasteiger partial charge in [0, 0.05) is 6.42 Å². The van der Waals surface area contributed by atoms with Gasteiger partial charge in [0.05, 0.1) is 15.8 Å². The van der Waals surface area contributed by atoms with E-state index in [4.69, 9.17) is 23.2 Å². The van der Waals surface area contributed by atoms with Crippen molar-refractivity contribution in [2.75, 3.05) is 11.5 Å². The first-order valence-electron chi connectivity index (χ1n) is 4.67. The molecule has 1 rings (SSSR count). The summed E-state index contributed by atoms with van der Waals surface area (Å²) in [6.07, 6.45) is 0.434. The van der Waals surface area contributed by atoms with Gasteiger partial charge in [-0.3, -0.25) is 4.79 Å². The average Bonchev–Trinajstić information content (AvgIpc) is 2.20. The molecule has 1 aromatic rings. The van der Waals surface area contributed by atoms with Crippen molar-refractivity contribution < 1.29 is 4.79 Å². The van der Waals surface area contributed by atoms with Gasteiger partial charge < -0.3 is 0 Å². The molecule has 0 atom stereocenters. The zero-order chi connectivity index (χ0) is 11.3. The van der Waals surface area contributed by atoms with Crippen LogP contribution in [0.1, 0.15) is 12.5 Å². The minimum absolute atomic E-state index is 0.222. The standard InChI is InChI=1S/C11H12Cl2OS/c1-2-15-7-9(14)5-8-3-4-10(12)11(13)6-8/h3-4,6H,2,5,7H2,1H3. The van der Waals surface area contributed by atoms with Crippen molar-refractivity contribution in [3.63, 3.8) is 0 Å². The molecular weight excluding hydrogens is 251 g/mol. The number of Topliss-reactive ketones (excluding diaryl/α,β-unsaturated/α-hetero) is 1. The summed E-state index contributed by atoms with van der Waals surface area (Å²) in [6.45, 7) is 2.04. The van der Waals surface area contributed by atoms with Crippen LogP contribution >= 0.6 is 35.0 Å². The van der Waals surface area contributed by atoms with Crippen LogP contribution in [-0.4, -0.2) is 17.3 Å². The summed E-state index contributed by atoms with van der Waals surface area (Å²) in [5, 5.41) is 1.03. The number of rotatable bonds is 5. The fraction of sp³-hybridized carbons (Fsp3) is 0.364. The van der Waals surface area contributed by atoms with Gasteiger partial charge in [-0.15, -0.1) is 0 Å². The molecule has 0 saturated heterocycles. The van der Waals surface area contributed by atoms with Crippen molar-refractivity contribution in [1.82, 2.24) is 0 Å². The van der Waals surface area contributed by atoms with Gasteiger partial charge in [0.25, 0.3) is 0 Å². The molecule has 0 fully saturated rings. The number of carbonyl (C=O) groups is 1. The van der Waals surface area contributed by atoms with Crippen LogP contribution in [0.15, 0.2) is 18.2 Å². The Balaban J connectivity index is 2.57. The monoisotopic (exact) mass is 262 g/mol. The van der Waals surface area contributed by atoms with Crippen LogP contribution in [0.3, 0.4) is 0 Å². The molecule has 0 aromatic heterocycles. The Labute approximate surface area is 104 Å². The highest BCUT2D eigenvalue weighted by Crippen LogP contribution is 2.22. The molecule has 0 amide bonds. The summed E-state index contributed by atoms with van der Waals surface area (Å²) in [4.78, 5) is 11.5. The number of ketones is 1. The number of benzene rings is 1. The number of thioether (sulfide) groups is 1. The first-order valence-corrected chi connectivity index (χ1v) is 6.58. The minimum atomic E-state index is 0.222. The van der Waals surface area contributed by atoms with Crippen molar-refractivity contribution in [3.05, 3.63) is 33.8 Å². The summed E-state index contributed by atoms with van der Waals surface area (Å²) in [6, 6.07) is 5.31. The van der Waals surface area contributed by atoms with Crippen molar-refractivity contribution >= 4 is 40.7 Å². The SMILES string of the molecule is CCSCC(=O)Cc1ccc(Cl)c(Cl)c1. The summed E-state index contributed by atoms with van der Waals surface area (Å²) in [5.41, 5.74) is 0.922. The largest absolute Gasteiger partial charge is 0.298 e. The maximum atomic E-state index is 11.5. The van der Waals surface area contributed by atoms with E-state index in [9.17, 15) is 4.79 Å². The van der Waals surface area contributed by atoms with Gasteiger partial charge in [-0.25, -0.2) is 0 Å². The molecule has 82 valence electrons.